The first-order valence-corrected chi connectivity index (χ1v) is 22.6. The molecule has 0 amide bonds. The third kappa shape index (κ3) is 40.6. The van der Waals surface area contributed by atoms with E-state index < -0.39 is 32.5 Å². The summed E-state index contributed by atoms with van der Waals surface area (Å²) < 4.78 is 32.6. The first-order chi connectivity index (χ1) is 28.2. The number of phosphoric ester groups is 1. The van der Waals surface area contributed by atoms with Gasteiger partial charge in [-0.1, -0.05) is 135 Å². The summed E-state index contributed by atoms with van der Waals surface area (Å²) >= 11 is 0. The van der Waals surface area contributed by atoms with Crippen molar-refractivity contribution in [2.75, 3.05) is 26.4 Å². The number of nitrogens with two attached hydrogens (primary N) is 1. The molecule has 0 aromatic rings. The van der Waals surface area contributed by atoms with Gasteiger partial charge in [0.25, 0.3) is 0 Å². The second-order valence-electron chi connectivity index (χ2n) is 13.3. The summed E-state index contributed by atoms with van der Waals surface area (Å²) in [5.74, 6) is -1.03. The standard InChI is InChI=1S/C47H74NO9P/c1-3-5-6-7-8-9-10-11-12-13-14-15-16-21-24-27-30-33-36-39-47(51)57-45(43-56-58(52,53)55-41-40-48)42-54-46(50)38-35-32-29-26-23-20-18-17-19-22-25-28-31-34-37-44(49)4-2/h5-6,8-9,11-12,14-15,18-22,24,26,28-31,33,44-45,49H,3-4,7,10,13,16-17,23,25,27,32,34-43,48H2,1-2H3,(H,52,53)/b6-5-,9-8-,12-11-,15-14-,20-18-,22-19-,24-21-,29-26-,31-28-,33-30-/t44-,45+/m0/s1. The van der Waals surface area contributed by atoms with Gasteiger partial charge < -0.3 is 25.2 Å². The summed E-state index contributed by atoms with van der Waals surface area (Å²) in [6.45, 7) is 3.14. The first-order valence-electron chi connectivity index (χ1n) is 21.1. The number of rotatable bonds is 37. The SMILES string of the molecule is CC/C=C\C/C=C\C/C=C\C/C=C\C/C=C\C/C=C\CCC(=O)O[C@H](COC(=O)CCC/C=C\C/C=C\C/C=C\C/C=C\CC[C@@H](O)CC)COP(=O)(O)OCCN. The van der Waals surface area contributed by atoms with Crippen LogP contribution in [0.5, 0.6) is 0 Å². The van der Waals surface area contributed by atoms with Crippen molar-refractivity contribution in [2.24, 2.45) is 5.73 Å². The molecule has 0 aliphatic heterocycles. The normalized spacial score (nSPS) is 15.1. The lowest BCUT2D eigenvalue weighted by Crippen LogP contribution is -2.29. The third-order valence-electron chi connectivity index (χ3n) is 8.01. The zero-order chi connectivity index (χ0) is 42.6. The van der Waals surface area contributed by atoms with E-state index in [9.17, 15) is 24.2 Å². The number of unbranched alkanes of at least 4 members (excludes halogenated alkanes) is 1. The van der Waals surface area contributed by atoms with E-state index in [1.165, 1.54) is 0 Å². The Hall–Kier alpha value is -3.63. The van der Waals surface area contributed by atoms with Crippen LogP contribution in [0.1, 0.15) is 123 Å². The van der Waals surface area contributed by atoms with Crippen LogP contribution in [0.25, 0.3) is 0 Å². The van der Waals surface area contributed by atoms with Crippen molar-refractivity contribution >= 4 is 19.8 Å². The van der Waals surface area contributed by atoms with Crippen molar-refractivity contribution in [3.63, 3.8) is 0 Å². The number of hydrogen-bond donors (Lipinski definition) is 3. The summed E-state index contributed by atoms with van der Waals surface area (Å²) in [5, 5.41) is 9.55. The Morgan fingerprint density at radius 3 is 1.50 bits per heavy atom. The molecule has 58 heavy (non-hydrogen) atoms. The van der Waals surface area contributed by atoms with Crippen molar-refractivity contribution in [1.29, 1.82) is 0 Å². The molecule has 0 aromatic heterocycles. The number of allylic oxidation sites excluding steroid dienone is 20. The molecule has 0 aliphatic carbocycles. The average molecular weight is 828 g/mol. The molecule has 0 aromatic carbocycles. The summed E-state index contributed by atoms with van der Waals surface area (Å²) in [7, 11) is -4.43. The number of carbonyl (C=O) groups is 2. The third-order valence-corrected chi connectivity index (χ3v) is 8.99. The minimum atomic E-state index is -4.43. The maximum Gasteiger partial charge on any atom is 0.472 e. The first kappa shape index (κ1) is 54.4. The Labute approximate surface area is 350 Å². The van der Waals surface area contributed by atoms with Crippen molar-refractivity contribution in [3.8, 4) is 0 Å². The topological polar surface area (TPSA) is 155 Å². The number of esters is 2. The molecule has 326 valence electrons. The van der Waals surface area contributed by atoms with Crippen LogP contribution < -0.4 is 5.73 Å². The van der Waals surface area contributed by atoms with E-state index >= 15 is 0 Å². The minimum Gasteiger partial charge on any atom is -0.462 e. The minimum absolute atomic E-state index is 0.0219. The van der Waals surface area contributed by atoms with E-state index in [1.54, 1.807) is 0 Å². The summed E-state index contributed by atoms with van der Waals surface area (Å²) in [4.78, 5) is 34.8. The Bertz CT molecular complexity index is 1370. The fraction of sp³-hybridized carbons (Fsp3) is 0.532. The Balaban J connectivity index is 4.43. The zero-order valence-electron chi connectivity index (χ0n) is 35.3. The van der Waals surface area contributed by atoms with Gasteiger partial charge in [0, 0.05) is 19.4 Å². The molecular formula is C47H74NO9P. The van der Waals surface area contributed by atoms with E-state index in [0.717, 1.165) is 77.0 Å². The summed E-state index contributed by atoms with van der Waals surface area (Å²) in [6.07, 6.45) is 53.4. The van der Waals surface area contributed by atoms with Crippen molar-refractivity contribution in [3.05, 3.63) is 122 Å². The molecule has 0 fully saturated rings. The molecule has 0 saturated carbocycles. The zero-order valence-corrected chi connectivity index (χ0v) is 36.2. The summed E-state index contributed by atoms with van der Waals surface area (Å²) in [5.41, 5.74) is 5.33. The lowest BCUT2D eigenvalue weighted by atomic mass is 10.1. The molecule has 11 heteroatoms. The highest BCUT2D eigenvalue weighted by Gasteiger charge is 2.25. The Morgan fingerprint density at radius 1 is 0.586 bits per heavy atom. The lowest BCUT2D eigenvalue weighted by molar-refractivity contribution is -0.161. The molecule has 10 nitrogen and oxygen atoms in total. The smallest absolute Gasteiger partial charge is 0.462 e. The molecule has 0 aliphatic rings. The number of carbonyl (C=O) groups excluding carboxylic acids is 2. The van der Waals surface area contributed by atoms with Crippen LogP contribution in [-0.2, 0) is 32.7 Å². The highest BCUT2D eigenvalue weighted by Crippen LogP contribution is 2.43. The maximum atomic E-state index is 12.5. The maximum absolute atomic E-state index is 12.5. The van der Waals surface area contributed by atoms with Gasteiger partial charge in [-0.05, 0) is 96.3 Å². The second kappa shape index (κ2) is 41.5. The predicted octanol–water partition coefficient (Wildman–Crippen LogP) is 11.1. The molecule has 3 atom stereocenters. The molecule has 4 N–H and O–H groups in total. The molecule has 1 unspecified atom stereocenters. The van der Waals surface area contributed by atoms with Gasteiger partial charge in [-0.3, -0.25) is 18.6 Å². The van der Waals surface area contributed by atoms with E-state index in [0.29, 0.717) is 19.3 Å². The number of ether oxygens (including phenoxy) is 2. The van der Waals surface area contributed by atoms with Crippen LogP contribution in [0, 0.1) is 0 Å². The van der Waals surface area contributed by atoms with E-state index in [2.05, 4.69) is 104 Å². The fourth-order valence-electron chi connectivity index (χ4n) is 4.75. The second-order valence-corrected chi connectivity index (χ2v) is 14.7. The number of hydrogen-bond acceptors (Lipinski definition) is 9. The summed E-state index contributed by atoms with van der Waals surface area (Å²) in [6, 6.07) is 0. The van der Waals surface area contributed by atoms with Gasteiger partial charge in [0.2, 0.25) is 0 Å². The highest BCUT2D eigenvalue weighted by atomic mass is 31.2. The molecule has 0 rings (SSSR count). The molecule has 0 heterocycles. The monoisotopic (exact) mass is 828 g/mol. The highest BCUT2D eigenvalue weighted by molar-refractivity contribution is 7.47. The van der Waals surface area contributed by atoms with Gasteiger partial charge in [0.15, 0.2) is 6.10 Å². The average Bonchev–Trinajstić information content (AvgIpc) is 3.21. The van der Waals surface area contributed by atoms with Crippen molar-refractivity contribution in [2.45, 2.75) is 135 Å². The quantitative estimate of drug-likeness (QED) is 0.0238. The van der Waals surface area contributed by atoms with Gasteiger partial charge in [-0.15, -0.1) is 0 Å². The van der Waals surface area contributed by atoms with E-state index in [4.69, 9.17) is 24.3 Å². The molecule has 0 radical (unpaired) electrons. The van der Waals surface area contributed by atoms with Crippen LogP contribution >= 0.6 is 7.82 Å². The van der Waals surface area contributed by atoms with Crippen LogP contribution in [-0.4, -0.2) is 60.5 Å². The van der Waals surface area contributed by atoms with Gasteiger partial charge in [0.05, 0.1) is 19.3 Å². The van der Waals surface area contributed by atoms with Gasteiger partial charge in [0.1, 0.15) is 6.61 Å². The number of aliphatic hydroxyl groups excluding tert-OH is 1. The lowest BCUT2D eigenvalue weighted by Gasteiger charge is -2.19. The molecule has 0 saturated heterocycles. The molecule has 0 bridgehead atoms. The predicted molar refractivity (Wildman–Crippen MR) is 239 cm³/mol. The van der Waals surface area contributed by atoms with Crippen molar-refractivity contribution < 1.29 is 42.7 Å². The van der Waals surface area contributed by atoms with Gasteiger partial charge in [-0.25, -0.2) is 4.57 Å². The van der Waals surface area contributed by atoms with Gasteiger partial charge in [-0.2, -0.15) is 0 Å². The van der Waals surface area contributed by atoms with Gasteiger partial charge >= 0.3 is 19.8 Å². The van der Waals surface area contributed by atoms with Crippen molar-refractivity contribution in [1.82, 2.24) is 0 Å². The number of aliphatic hydroxyl groups is 1. The van der Waals surface area contributed by atoms with Crippen LogP contribution in [0.4, 0.5) is 0 Å². The van der Waals surface area contributed by atoms with Crippen LogP contribution in [0.2, 0.25) is 0 Å². The van der Waals surface area contributed by atoms with E-state index in [-0.39, 0.29) is 38.7 Å². The van der Waals surface area contributed by atoms with E-state index in [1.807, 2.05) is 31.2 Å². The Kier molecular flexibility index (Phi) is 38.9. The largest absolute Gasteiger partial charge is 0.472 e. The van der Waals surface area contributed by atoms with Crippen LogP contribution in [0.3, 0.4) is 0 Å². The molecule has 0 spiro atoms. The number of phosphoric acid groups is 1. The van der Waals surface area contributed by atoms with Crippen LogP contribution in [0.15, 0.2) is 122 Å². The fourth-order valence-corrected chi connectivity index (χ4v) is 5.51. The molecular weight excluding hydrogens is 753 g/mol. The Morgan fingerprint density at radius 2 is 1.03 bits per heavy atom.